The van der Waals surface area contributed by atoms with Crippen LogP contribution in [0.15, 0.2) is 42.5 Å². The van der Waals surface area contributed by atoms with Gasteiger partial charge in [0.05, 0.1) is 11.1 Å². The summed E-state index contributed by atoms with van der Waals surface area (Å²) in [6.07, 6.45) is -3.62. The van der Waals surface area contributed by atoms with Gasteiger partial charge in [0.15, 0.2) is 6.29 Å². The highest BCUT2D eigenvalue weighted by molar-refractivity contribution is 6.08. The lowest BCUT2D eigenvalue weighted by molar-refractivity contribution is -0.137. The second kappa shape index (κ2) is 8.43. The van der Waals surface area contributed by atoms with Crippen LogP contribution in [0.5, 0.6) is 0 Å². The van der Waals surface area contributed by atoms with Crippen LogP contribution in [0.4, 0.5) is 30.5 Å². The van der Waals surface area contributed by atoms with Gasteiger partial charge in [-0.1, -0.05) is 24.3 Å². The molecule has 0 bridgehead atoms. The number of carbonyl (C=O) groups excluding carboxylic acids is 1. The minimum absolute atomic E-state index is 0.201. The highest BCUT2D eigenvalue weighted by atomic mass is 19.4. The van der Waals surface area contributed by atoms with Crippen LogP contribution >= 0.6 is 0 Å². The summed E-state index contributed by atoms with van der Waals surface area (Å²) in [5, 5.41) is 7.97. The first-order chi connectivity index (χ1) is 15.2. The Morgan fingerprint density at radius 3 is 2.47 bits per heavy atom. The molecule has 3 aromatic rings. The molecule has 1 aliphatic rings. The Bertz CT molecular complexity index is 1150. The molecule has 168 valence electrons. The number of piperazine rings is 1. The predicted octanol–water partition coefficient (Wildman–Crippen LogP) is 5.30. The summed E-state index contributed by atoms with van der Waals surface area (Å²) in [4.78, 5) is 19.0. The van der Waals surface area contributed by atoms with E-state index in [1.54, 1.807) is 6.07 Å². The van der Waals surface area contributed by atoms with E-state index in [4.69, 9.17) is 4.98 Å². The fourth-order valence-electron chi connectivity index (χ4n) is 4.42. The number of halogens is 3. The molecule has 8 heteroatoms. The highest BCUT2D eigenvalue weighted by Gasteiger charge is 2.31. The standard InChI is InChI=1S/C24H25F3N4O/c1-14-6-4-9-19-21(14)20(13-32)23(31-11-15(2)28-16(3)12-31)30-22(19)29-18-8-5-7-17(10-18)24(25,26)27/h4-10,13,15-16,28H,11-12H2,1-3H3,(H,29,30). The fourth-order valence-corrected chi connectivity index (χ4v) is 4.42. The molecular weight excluding hydrogens is 417 g/mol. The van der Waals surface area contributed by atoms with Crippen molar-refractivity contribution in [3.05, 3.63) is 59.2 Å². The SMILES string of the molecule is Cc1cccc2c(Nc3cccc(C(F)(F)F)c3)nc(N3CC(C)NC(C)C3)c(C=O)c12. The van der Waals surface area contributed by atoms with Crippen LogP contribution < -0.4 is 15.5 Å². The summed E-state index contributed by atoms with van der Waals surface area (Å²) in [5.74, 6) is 0.957. The van der Waals surface area contributed by atoms with E-state index in [1.807, 2.05) is 25.1 Å². The monoisotopic (exact) mass is 442 g/mol. The summed E-state index contributed by atoms with van der Waals surface area (Å²) >= 11 is 0. The van der Waals surface area contributed by atoms with Crippen molar-refractivity contribution in [2.45, 2.75) is 39.0 Å². The molecule has 2 heterocycles. The molecule has 0 amide bonds. The van der Waals surface area contributed by atoms with Crippen LogP contribution in [0, 0.1) is 6.92 Å². The van der Waals surface area contributed by atoms with Crippen molar-refractivity contribution in [1.82, 2.24) is 10.3 Å². The molecule has 0 aliphatic carbocycles. The lowest BCUT2D eigenvalue weighted by Gasteiger charge is -2.37. The third-order valence-electron chi connectivity index (χ3n) is 5.68. The van der Waals surface area contributed by atoms with Crippen molar-refractivity contribution >= 4 is 34.4 Å². The molecule has 0 spiro atoms. The summed E-state index contributed by atoms with van der Waals surface area (Å²) in [6.45, 7) is 7.38. The number of anilines is 3. The van der Waals surface area contributed by atoms with Gasteiger partial charge in [-0.15, -0.1) is 0 Å². The maximum atomic E-state index is 13.2. The third-order valence-corrected chi connectivity index (χ3v) is 5.68. The number of fused-ring (bicyclic) bond motifs is 1. The summed E-state index contributed by atoms with van der Waals surface area (Å²) in [6, 6.07) is 11.0. The number of hydrogen-bond donors (Lipinski definition) is 2. The van der Waals surface area contributed by atoms with E-state index in [-0.39, 0.29) is 17.8 Å². The van der Waals surface area contributed by atoms with Gasteiger partial charge in [0.2, 0.25) is 0 Å². The van der Waals surface area contributed by atoms with Crippen LogP contribution in [-0.2, 0) is 6.18 Å². The number of pyridine rings is 1. The first kappa shape index (κ1) is 22.1. The Kier molecular flexibility index (Phi) is 5.81. The van der Waals surface area contributed by atoms with Crippen molar-refractivity contribution < 1.29 is 18.0 Å². The Labute approximate surface area is 184 Å². The van der Waals surface area contributed by atoms with Crippen LogP contribution in [0.3, 0.4) is 0 Å². The molecule has 1 aromatic heterocycles. The van der Waals surface area contributed by atoms with Gasteiger partial charge in [0.1, 0.15) is 11.6 Å². The van der Waals surface area contributed by atoms with Crippen molar-refractivity contribution in [3.63, 3.8) is 0 Å². The second-order valence-electron chi connectivity index (χ2n) is 8.39. The van der Waals surface area contributed by atoms with Gasteiger partial charge in [-0.05, 0) is 44.5 Å². The van der Waals surface area contributed by atoms with Crippen molar-refractivity contribution in [2.75, 3.05) is 23.3 Å². The number of carbonyl (C=O) groups is 1. The van der Waals surface area contributed by atoms with Crippen molar-refractivity contribution in [1.29, 1.82) is 0 Å². The topological polar surface area (TPSA) is 57.3 Å². The number of nitrogens with one attached hydrogen (secondary N) is 2. The van der Waals surface area contributed by atoms with E-state index in [9.17, 15) is 18.0 Å². The zero-order valence-corrected chi connectivity index (χ0v) is 18.1. The van der Waals surface area contributed by atoms with E-state index in [0.29, 0.717) is 35.7 Å². The molecule has 1 fully saturated rings. The number of aryl methyl sites for hydroxylation is 1. The number of alkyl halides is 3. The second-order valence-corrected chi connectivity index (χ2v) is 8.39. The van der Waals surface area contributed by atoms with E-state index >= 15 is 0 Å². The quantitative estimate of drug-likeness (QED) is 0.537. The zero-order chi connectivity index (χ0) is 23.0. The number of rotatable bonds is 4. The van der Waals surface area contributed by atoms with Gasteiger partial charge in [0, 0.05) is 41.6 Å². The average molecular weight is 442 g/mol. The maximum Gasteiger partial charge on any atom is 0.416 e. The normalized spacial score (nSPS) is 19.2. The molecule has 2 atom stereocenters. The zero-order valence-electron chi connectivity index (χ0n) is 18.1. The molecule has 5 nitrogen and oxygen atoms in total. The first-order valence-corrected chi connectivity index (χ1v) is 10.5. The fraction of sp³-hybridized carbons (Fsp3) is 0.333. The molecule has 32 heavy (non-hydrogen) atoms. The maximum absolute atomic E-state index is 13.2. The smallest absolute Gasteiger partial charge is 0.353 e. The summed E-state index contributed by atoms with van der Waals surface area (Å²) in [5.41, 5.74) is 0.935. The lowest BCUT2D eigenvalue weighted by atomic mass is 10.00. The van der Waals surface area contributed by atoms with Gasteiger partial charge in [-0.3, -0.25) is 4.79 Å². The molecule has 1 saturated heterocycles. The van der Waals surface area contributed by atoms with Crippen LogP contribution in [0.2, 0.25) is 0 Å². The Morgan fingerprint density at radius 2 is 1.81 bits per heavy atom. The van der Waals surface area contributed by atoms with Gasteiger partial charge in [0.25, 0.3) is 0 Å². The predicted molar refractivity (Wildman–Crippen MR) is 121 cm³/mol. The molecule has 0 radical (unpaired) electrons. The van der Waals surface area contributed by atoms with E-state index in [2.05, 4.69) is 29.4 Å². The average Bonchev–Trinajstić information content (AvgIpc) is 2.73. The molecule has 2 N–H and O–H groups in total. The number of aromatic nitrogens is 1. The molecule has 4 rings (SSSR count). The van der Waals surface area contributed by atoms with Crippen molar-refractivity contribution in [3.8, 4) is 0 Å². The van der Waals surface area contributed by atoms with E-state index in [0.717, 1.165) is 29.4 Å². The summed E-state index contributed by atoms with van der Waals surface area (Å²) < 4.78 is 39.6. The number of benzene rings is 2. The van der Waals surface area contributed by atoms with Crippen LogP contribution in [0.25, 0.3) is 10.8 Å². The number of hydrogen-bond acceptors (Lipinski definition) is 5. The van der Waals surface area contributed by atoms with Crippen LogP contribution in [0.1, 0.15) is 35.3 Å². The Morgan fingerprint density at radius 1 is 1.12 bits per heavy atom. The molecule has 2 aromatic carbocycles. The first-order valence-electron chi connectivity index (χ1n) is 10.5. The van der Waals surface area contributed by atoms with Crippen LogP contribution in [-0.4, -0.2) is 36.4 Å². The minimum Gasteiger partial charge on any atom is -0.353 e. The van der Waals surface area contributed by atoms with Crippen molar-refractivity contribution in [2.24, 2.45) is 0 Å². The Balaban J connectivity index is 1.88. The van der Waals surface area contributed by atoms with E-state index in [1.165, 1.54) is 6.07 Å². The highest BCUT2D eigenvalue weighted by Crippen LogP contribution is 2.36. The molecule has 2 unspecified atom stereocenters. The lowest BCUT2D eigenvalue weighted by Crippen LogP contribution is -2.54. The molecule has 0 saturated carbocycles. The molecular formula is C24H25F3N4O. The third kappa shape index (κ3) is 4.27. The van der Waals surface area contributed by atoms with Gasteiger partial charge >= 0.3 is 6.18 Å². The van der Waals surface area contributed by atoms with Gasteiger partial charge < -0.3 is 15.5 Å². The summed E-state index contributed by atoms with van der Waals surface area (Å²) in [7, 11) is 0. The van der Waals surface area contributed by atoms with Gasteiger partial charge in [-0.25, -0.2) is 4.98 Å². The van der Waals surface area contributed by atoms with E-state index < -0.39 is 11.7 Å². The minimum atomic E-state index is -4.44. The Hall–Kier alpha value is -3.13. The number of nitrogens with zero attached hydrogens (tertiary/aromatic N) is 2. The van der Waals surface area contributed by atoms with Gasteiger partial charge in [-0.2, -0.15) is 13.2 Å². The largest absolute Gasteiger partial charge is 0.416 e. The molecule has 1 aliphatic heterocycles. The number of aldehydes is 1.